The summed E-state index contributed by atoms with van der Waals surface area (Å²) in [5.74, 6) is 1.93. The maximum Gasteiger partial charge on any atom is 0.224 e. The van der Waals surface area contributed by atoms with E-state index in [9.17, 15) is 4.79 Å². The number of hydrogen-bond acceptors (Lipinski definition) is 4. The van der Waals surface area contributed by atoms with Gasteiger partial charge in [0.15, 0.2) is 0 Å². The Hall–Kier alpha value is -2.50. The van der Waals surface area contributed by atoms with Gasteiger partial charge in [0.25, 0.3) is 0 Å². The number of nitrogens with one attached hydrogen (secondary N) is 2. The predicted octanol–water partition coefficient (Wildman–Crippen LogP) is 4.18. The summed E-state index contributed by atoms with van der Waals surface area (Å²) in [6.07, 6.45) is 6.10. The van der Waals surface area contributed by atoms with Crippen molar-refractivity contribution in [1.29, 1.82) is 0 Å². The number of methoxy groups -OCH3 is 2. The van der Waals surface area contributed by atoms with Gasteiger partial charge in [0.1, 0.15) is 17.2 Å². The van der Waals surface area contributed by atoms with Gasteiger partial charge >= 0.3 is 0 Å². The van der Waals surface area contributed by atoms with Crippen molar-refractivity contribution >= 4 is 11.6 Å². The zero-order chi connectivity index (χ0) is 18.5. The molecule has 0 atom stereocenters. The third-order valence-corrected chi connectivity index (χ3v) is 5.07. The normalized spacial score (nSPS) is 14.4. The quantitative estimate of drug-likeness (QED) is 0.779. The number of aromatic amines is 1. The largest absolute Gasteiger partial charge is 0.497 e. The van der Waals surface area contributed by atoms with E-state index in [-0.39, 0.29) is 5.91 Å². The second-order valence-corrected chi connectivity index (χ2v) is 6.75. The first kappa shape index (κ1) is 18.3. The van der Waals surface area contributed by atoms with Crippen LogP contribution in [0.5, 0.6) is 11.5 Å². The van der Waals surface area contributed by atoms with E-state index in [2.05, 4.69) is 15.5 Å². The molecule has 0 aliphatic heterocycles. The van der Waals surface area contributed by atoms with E-state index in [0.717, 1.165) is 36.2 Å². The molecular formula is C20H27N3O3. The van der Waals surface area contributed by atoms with Gasteiger partial charge in [-0.25, -0.2) is 0 Å². The van der Waals surface area contributed by atoms with Crippen molar-refractivity contribution in [2.24, 2.45) is 5.92 Å². The summed E-state index contributed by atoms with van der Waals surface area (Å²) >= 11 is 0. The molecule has 26 heavy (non-hydrogen) atoms. The monoisotopic (exact) mass is 357 g/mol. The summed E-state index contributed by atoms with van der Waals surface area (Å²) in [4.78, 5) is 12.6. The molecule has 1 fully saturated rings. The van der Waals surface area contributed by atoms with Crippen molar-refractivity contribution < 1.29 is 14.3 Å². The van der Waals surface area contributed by atoms with Crippen LogP contribution in [0.1, 0.15) is 44.7 Å². The highest BCUT2D eigenvalue weighted by Gasteiger charge is 2.22. The number of aromatic nitrogens is 2. The van der Waals surface area contributed by atoms with Crippen molar-refractivity contribution in [3.8, 4) is 22.8 Å². The summed E-state index contributed by atoms with van der Waals surface area (Å²) in [6.45, 7) is 2.04. The minimum atomic E-state index is 0.0572. The van der Waals surface area contributed by atoms with Crippen LogP contribution in [0.3, 0.4) is 0 Å². The molecule has 0 unspecified atom stereocenters. The Bertz CT molecular complexity index is 764. The van der Waals surface area contributed by atoms with Crippen LogP contribution in [0, 0.1) is 5.92 Å². The van der Waals surface area contributed by atoms with Crippen molar-refractivity contribution in [3.63, 3.8) is 0 Å². The van der Waals surface area contributed by atoms with Gasteiger partial charge < -0.3 is 14.8 Å². The Morgan fingerprint density at radius 2 is 2.04 bits per heavy atom. The van der Waals surface area contributed by atoms with Gasteiger partial charge in [0.05, 0.1) is 25.6 Å². The molecule has 2 N–H and O–H groups in total. The number of anilines is 1. The number of nitrogens with zero attached hydrogens (tertiary/aromatic N) is 1. The minimum Gasteiger partial charge on any atom is -0.497 e. The highest BCUT2D eigenvalue weighted by Crippen LogP contribution is 2.38. The van der Waals surface area contributed by atoms with Crippen LogP contribution in [-0.4, -0.2) is 30.3 Å². The Balaban J connectivity index is 1.89. The Morgan fingerprint density at radius 1 is 1.27 bits per heavy atom. The van der Waals surface area contributed by atoms with Gasteiger partial charge in [-0.15, -0.1) is 0 Å². The number of carbonyl (C=O) groups excluding carboxylic acids is 1. The number of aryl methyl sites for hydroxylation is 1. The highest BCUT2D eigenvalue weighted by atomic mass is 16.5. The molecule has 0 saturated heterocycles. The first-order valence-electron chi connectivity index (χ1n) is 9.25. The summed E-state index contributed by atoms with van der Waals surface area (Å²) in [5.41, 5.74) is 3.18. The highest BCUT2D eigenvalue weighted by molar-refractivity contribution is 5.96. The van der Waals surface area contributed by atoms with Gasteiger partial charge in [-0.2, -0.15) is 5.10 Å². The molecule has 0 bridgehead atoms. The molecule has 6 heteroatoms. The lowest BCUT2D eigenvalue weighted by molar-refractivity contribution is -0.117. The van der Waals surface area contributed by atoms with E-state index in [4.69, 9.17) is 9.47 Å². The smallest absolute Gasteiger partial charge is 0.224 e. The minimum absolute atomic E-state index is 0.0572. The first-order chi connectivity index (χ1) is 12.7. The van der Waals surface area contributed by atoms with E-state index < -0.39 is 0 Å². The van der Waals surface area contributed by atoms with Crippen LogP contribution in [-0.2, 0) is 11.2 Å². The zero-order valence-electron chi connectivity index (χ0n) is 15.7. The van der Waals surface area contributed by atoms with Crippen molar-refractivity contribution in [3.05, 3.63) is 23.9 Å². The third-order valence-electron chi connectivity index (χ3n) is 5.07. The molecule has 1 heterocycles. The average molecular weight is 357 g/mol. The Kier molecular flexibility index (Phi) is 5.81. The maximum absolute atomic E-state index is 12.6. The van der Waals surface area contributed by atoms with E-state index >= 15 is 0 Å². The number of carbonyl (C=O) groups is 1. The summed E-state index contributed by atoms with van der Waals surface area (Å²) in [7, 11) is 3.23. The molecule has 1 aromatic carbocycles. The molecule has 1 aliphatic rings. The second kappa shape index (κ2) is 8.25. The molecule has 1 saturated carbocycles. The fourth-order valence-electron chi connectivity index (χ4n) is 3.62. The van der Waals surface area contributed by atoms with Crippen molar-refractivity contribution in [2.75, 3.05) is 19.5 Å². The molecular weight excluding hydrogens is 330 g/mol. The van der Waals surface area contributed by atoms with Gasteiger partial charge in [-0.1, -0.05) is 19.8 Å². The van der Waals surface area contributed by atoms with Crippen LogP contribution < -0.4 is 14.8 Å². The molecule has 1 amide bonds. The van der Waals surface area contributed by atoms with Crippen LogP contribution in [0.25, 0.3) is 11.3 Å². The van der Waals surface area contributed by atoms with Gasteiger partial charge in [-0.05, 0) is 37.3 Å². The van der Waals surface area contributed by atoms with Crippen LogP contribution in [0.4, 0.5) is 5.69 Å². The van der Waals surface area contributed by atoms with Gasteiger partial charge in [0, 0.05) is 18.1 Å². The SMILES string of the molecule is CCc1[nH]nc(-c2ccc(OC)cc2OC)c1NC(=O)CC1CCCC1. The molecule has 1 aliphatic carbocycles. The van der Waals surface area contributed by atoms with Crippen molar-refractivity contribution in [2.45, 2.75) is 45.4 Å². The lowest BCUT2D eigenvalue weighted by Crippen LogP contribution is -2.16. The molecule has 3 rings (SSSR count). The second-order valence-electron chi connectivity index (χ2n) is 6.75. The molecule has 0 spiro atoms. The van der Waals surface area contributed by atoms with Crippen LogP contribution in [0.2, 0.25) is 0 Å². The zero-order valence-corrected chi connectivity index (χ0v) is 15.7. The maximum atomic E-state index is 12.6. The number of hydrogen-bond donors (Lipinski definition) is 2. The number of rotatable bonds is 7. The standard InChI is InChI=1S/C20H27N3O3/c1-4-16-20(21-18(24)11-13-7-5-6-8-13)19(23-22-16)15-10-9-14(25-2)12-17(15)26-3/h9-10,12-13H,4-8,11H2,1-3H3,(H,21,24)(H,22,23). The molecule has 140 valence electrons. The molecule has 0 radical (unpaired) electrons. The van der Waals surface area contributed by atoms with E-state index in [1.165, 1.54) is 12.8 Å². The van der Waals surface area contributed by atoms with E-state index in [1.54, 1.807) is 14.2 Å². The van der Waals surface area contributed by atoms with E-state index in [0.29, 0.717) is 29.5 Å². The van der Waals surface area contributed by atoms with Gasteiger partial charge in [0.2, 0.25) is 5.91 Å². The first-order valence-corrected chi connectivity index (χ1v) is 9.25. The topological polar surface area (TPSA) is 76.2 Å². The van der Waals surface area contributed by atoms with Crippen molar-refractivity contribution in [1.82, 2.24) is 10.2 Å². The number of benzene rings is 1. The van der Waals surface area contributed by atoms with E-state index in [1.807, 2.05) is 25.1 Å². The lowest BCUT2D eigenvalue weighted by Gasteiger charge is -2.13. The van der Waals surface area contributed by atoms with Gasteiger partial charge in [-0.3, -0.25) is 9.89 Å². The number of ether oxygens (including phenoxy) is 2. The fraction of sp³-hybridized carbons (Fsp3) is 0.500. The summed E-state index contributed by atoms with van der Waals surface area (Å²) in [6, 6.07) is 5.59. The molecule has 1 aromatic heterocycles. The number of amides is 1. The number of H-pyrrole nitrogens is 1. The molecule has 6 nitrogen and oxygen atoms in total. The Morgan fingerprint density at radius 3 is 2.69 bits per heavy atom. The van der Waals surface area contributed by atoms with Crippen LogP contribution in [0.15, 0.2) is 18.2 Å². The molecule has 2 aromatic rings. The third kappa shape index (κ3) is 3.84. The average Bonchev–Trinajstić information content (AvgIpc) is 3.30. The lowest BCUT2D eigenvalue weighted by atomic mass is 10.0. The summed E-state index contributed by atoms with van der Waals surface area (Å²) in [5, 5.41) is 10.6. The predicted molar refractivity (Wildman–Crippen MR) is 102 cm³/mol. The Labute approximate surface area is 154 Å². The fourth-order valence-corrected chi connectivity index (χ4v) is 3.62. The summed E-state index contributed by atoms with van der Waals surface area (Å²) < 4.78 is 10.8. The van der Waals surface area contributed by atoms with Crippen LogP contribution >= 0.6 is 0 Å².